The molecule has 0 amide bonds. The van der Waals surface area contributed by atoms with Crippen LogP contribution < -0.4 is 4.74 Å². The lowest BCUT2D eigenvalue weighted by Gasteiger charge is -2.11. The molecule has 3 heteroatoms. The molecule has 1 heterocycles. The van der Waals surface area contributed by atoms with Crippen molar-refractivity contribution in [2.75, 3.05) is 7.11 Å². The van der Waals surface area contributed by atoms with Gasteiger partial charge in [-0.25, -0.2) is 4.98 Å². The van der Waals surface area contributed by atoms with Gasteiger partial charge in [0, 0.05) is 6.20 Å². The lowest BCUT2D eigenvalue weighted by atomic mass is 10.0. The van der Waals surface area contributed by atoms with Crippen LogP contribution >= 0.6 is 0 Å². The summed E-state index contributed by atoms with van der Waals surface area (Å²) in [7, 11) is 1.56. The Hall–Kier alpha value is -1.38. The molecule has 0 aromatic carbocycles. The molecule has 76 valence electrons. The monoisotopic (exact) mass is 192 g/mol. The summed E-state index contributed by atoms with van der Waals surface area (Å²) in [6.07, 6.45) is 1.81. The van der Waals surface area contributed by atoms with Crippen LogP contribution in [0.3, 0.4) is 0 Å². The maximum Gasteiger partial charge on any atom is 0.316 e. The van der Waals surface area contributed by atoms with E-state index < -0.39 is 0 Å². The summed E-state index contributed by atoms with van der Waals surface area (Å²) >= 11 is 0. The molecule has 0 atom stereocenters. The number of hydrogen-bond donors (Lipinski definition) is 0. The highest BCUT2D eigenvalue weighted by atomic mass is 16.5. The summed E-state index contributed by atoms with van der Waals surface area (Å²) in [6.45, 7) is 10.1. The highest BCUT2D eigenvalue weighted by molar-refractivity contribution is 5.61. The molecular weight excluding hydrogens is 176 g/mol. The van der Waals surface area contributed by atoms with Gasteiger partial charge in [-0.15, -0.1) is 0 Å². The molecule has 0 bridgehead atoms. The van der Waals surface area contributed by atoms with E-state index in [1.165, 1.54) is 0 Å². The van der Waals surface area contributed by atoms with Gasteiger partial charge in [-0.05, 0) is 24.0 Å². The van der Waals surface area contributed by atoms with E-state index in [0.29, 0.717) is 11.9 Å². The largest absolute Gasteiger partial charge is 0.467 e. The van der Waals surface area contributed by atoms with Gasteiger partial charge in [0.2, 0.25) is 0 Å². The lowest BCUT2D eigenvalue weighted by Crippen LogP contribution is -2.02. The predicted molar refractivity (Wildman–Crippen MR) is 57.4 cm³/mol. The van der Waals surface area contributed by atoms with E-state index in [1.54, 1.807) is 13.3 Å². The second-order valence-corrected chi connectivity index (χ2v) is 3.60. The Bertz CT molecular complexity index is 345. The molecule has 1 rings (SSSR count). The third kappa shape index (κ3) is 2.10. The van der Waals surface area contributed by atoms with Crippen LogP contribution in [0.25, 0.3) is 5.57 Å². The van der Waals surface area contributed by atoms with Crippen molar-refractivity contribution in [3.8, 4) is 6.01 Å². The van der Waals surface area contributed by atoms with E-state index in [1.807, 2.05) is 6.92 Å². The second-order valence-electron chi connectivity index (χ2n) is 3.60. The van der Waals surface area contributed by atoms with Crippen LogP contribution in [-0.4, -0.2) is 17.1 Å². The van der Waals surface area contributed by atoms with E-state index >= 15 is 0 Å². The van der Waals surface area contributed by atoms with Crippen LogP contribution in [0.4, 0.5) is 0 Å². The zero-order valence-corrected chi connectivity index (χ0v) is 9.16. The van der Waals surface area contributed by atoms with E-state index in [-0.39, 0.29) is 0 Å². The first-order valence-corrected chi connectivity index (χ1v) is 4.63. The zero-order valence-electron chi connectivity index (χ0n) is 9.16. The van der Waals surface area contributed by atoms with Crippen molar-refractivity contribution in [1.82, 2.24) is 9.97 Å². The Kier molecular flexibility index (Phi) is 3.23. The van der Waals surface area contributed by atoms with Gasteiger partial charge in [0.15, 0.2) is 0 Å². The molecule has 3 nitrogen and oxygen atoms in total. The van der Waals surface area contributed by atoms with Crippen molar-refractivity contribution in [2.45, 2.75) is 26.7 Å². The normalized spacial score (nSPS) is 10.4. The zero-order chi connectivity index (χ0) is 10.7. The molecule has 1 aromatic rings. The van der Waals surface area contributed by atoms with Crippen LogP contribution in [0, 0.1) is 0 Å². The first-order valence-electron chi connectivity index (χ1n) is 4.63. The van der Waals surface area contributed by atoms with Crippen LogP contribution in [0.2, 0.25) is 0 Å². The van der Waals surface area contributed by atoms with Crippen molar-refractivity contribution < 1.29 is 4.74 Å². The minimum Gasteiger partial charge on any atom is -0.467 e. The third-order valence-corrected chi connectivity index (χ3v) is 2.00. The fourth-order valence-electron chi connectivity index (χ4n) is 1.24. The van der Waals surface area contributed by atoms with Crippen LogP contribution in [0.1, 0.15) is 37.9 Å². The molecular formula is C11H16N2O. The molecule has 0 radical (unpaired) electrons. The first kappa shape index (κ1) is 10.7. The van der Waals surface area contributed by atoms with Gasteiger partial charge in [-0.2, -0.15) is 4.98 Å². The Morgan fingerprint density at radius 2 is 2.14 bits per heavy atom. The number of allylic oxidation sites excluding steroid dienone is 1. The molecule has 0 unspecified atom stereocenters. The number of methoxy groups -OCH3 is 1. The van der Waals surface area contributed by atoms with Gasteiger partial charge in [-0.1, -0.05) is 20.4 Å². The second kappa shape index (κ2) is 4.22. The molecule has 0 fully saturated rings. The molecule has 0 spiro atoms. The molecule has 1 aromatic heterocycles. The third-order valence-electron chi connectivity index (χ3n) is 2.00. The van der Waals surface area contributed by atoms with E-state index in [0.717, 1.165) is 16.8 Å². The summed E-state index contributed by atoms with van der Waals surface area (Å²) < 4.78 is 4.98. The van der Waals surface area contributed by atoms with Crippen LogP contribution in [-0.2, 0) is 0 Å². The van der Waals surface area contributed by atoms with E-state index in [4.69, 9.17) is 4.74 Å². The molecule has 0 saturated heterocycles. The quantitative estimate of drug-likeness (QED) is 0.738. The van der Waals surface area contributed by atoms with Crippen molar-refractivity contribution in [3.05, 3.63) is 24.0 Å². The van der Waals surface area contributed by atoms with Crippen molar-refractivity contribution in [2.24, 2.45) is 0 Å². The molecule has 14 heavy (non-hydrogen) atoms. The average molecular weight is 192 g/mol. The fourth-order valence-corrected chi connectivity index (χ4v) is 1.24. The SMILES string of the molecule is C=C(C)c1nc(OC)ncc1C(C)C. The average Bonchev–Trinajstić information content (AvgIpc) is 2.16. The van der Waals surface area contributed by atoms with Gasteiger partial charge < -0.3 is 4.74 Å². The molecule has 0 aliphatic heterocycles. The number of ether oxygens (including phenoxy) is 1. The van der Waals surface area contributed by atoms with Crippen molar-refractivity contribution in [3.63, 3.8) is 0 Å². The minimum atomic E-state index is 0.396. The van der Waals surface area contributed by atoms with Gasteiger partial charge in [0.05, 0.1) is 12.8 Å². The van der Waals surface area contributed by atoms with Crippen molar-refractivity contribution in [1.29, 1.82) is 0 Å². The number of hydrogen-bond acceptors (Lipinski definition) is 3. The summed E-state index contributed by atoms with van der Waals surface area (Å²) in [5, 5.41) is 0. The Balaban J connectivity index is 3.24. The maximum absolute atomic E-state index is 4.98. The highest BCUT2D eigenvalue weighted by Crippen LogP contribution is 2.23. The van der Waals surface area contributed by atoms with Crippen LogP contribution in [0.5, 0.6) is 6.01 Å². The molecule has 0 N–H and O–H groups in total. The Labute approximate surface area is 84.8 Å². The van der Waals surface area contributed by atoms with E-state index in [9.17, 15) is 0 Å². The molecule has 0 aliphatic rings. The fraction of sp³-hybridized carbons (Fsp3) is 0.455. The Morgan fingerprint density at radius 3 is 2.57 bits per heavy atom. The van der Waals surface area contributed by atoms with Crippen molar-refractivity contribution >= 4 is 5.57 Å². The van der Waals surface area contributed by atoms with E-state index in [2.05, 4.69) is 30.4 Å². The maximum atomic E-state index is 4.98. The topological polar surface area (TPSA) is 35.0 Å². The van der Waals surface area contributed by atoms with Gasteiger partial charge >= 0.3 is 6.01 Å². The number of nitrogens with zero attached hydrogens (tertiary/aromatic N) is 2. The first-order chi connectivity index (χ1) is 6.56. The number of aromatic nitrogens is 2. The molecule has 0 saturated carbocycles. The van der Waals surface area contributed by atoms with Gasteiger partial charge in [0.25, 0.3) is 0 Å². The minimum absolute atomic E-state index is 0.396. The summed E-state index contributed by atoms with van der Waals surface area (Å²) in [5.41, 5.74) is 2.94. The highest BCUT2D eigenvalue weighted by Gasteiger charge is 2.10. The predicted octanol–water partition coefficient (Wildman–Crippen LogP) is 2.64. The summed E-state index contributed by atoms with van der Waals surface area (Å²) in [5.74, 6) is 0.396. The van der Waals surface area contributed by atoms with Gasteiger partial charge in [0.1, 0.15) is 0 Å². The molecule has 0 aliphatic carbocycles. The summed E-state index contributed by atoms with van der Waals surface area (Å²) in [6, 6.07) is 0.396. The summed E-state index contributed by atoms with van der Waals surface area (Å²) in [4.78, 5) is 8.37. The van der Waals surface area contributed by atoms with Crippen LogP contribution in [0.15, 0.2) is 12.8 Å². The smallest absolute Gasteiger partial charge is 0.316 e. The Morgan fingerprint density at radius 1 is 1.50 bits per heavy atom. The standard InChI is InChI=1S/C11H16N2O/c1-7(2)9-6-12-11(14-5)13-10(9)8(3)4/h6-7H,3H2,1-2,4-5H3. The lowest BCUT2D eigenvalue weighted by molar-refractivity contribution is 0.378. The van der Waals surface area contributed by atoms with Gasteiger partial charge in [-0.3, -0.25) is 0 Å². The number of rotatable bonds is 3.